The van der Waals surface area contributed by atoms with E-state index in [-0.39, 0.29) is 11.8 Å². The SMILES string of the molecule is CCCCCCCCCCCCC(=O)N1CCC([C]=O)CC1. The van der Waals surface area contributed by atoms with Crippen LogP contribution in [0.1, 0.15) is 90.4 Å². The van der Waals surface area contributed by atoms with Crippen molar-refractivity contribution in [3.8, 4) is 0 Å². The molecule has 0 spiro atoms. The number of rotatable bonds is 12. The first-order valence-electron chi connectivity index (χ1n) is 9.43. The summed E-state index contributed by atoms with van der Waals surface area (Å²) in [4.78, 5) is 24.6. The van der Waals surface area contributed by atoms with Gasteiger partial charge in [-0.2, -0.15) is 0 Å². The van der Waals surface area contributed by atoms with Gasteiger partial charge in [0.2, 0.25) is 12.2 Å². The minimum atomic E-state index is 0.0568. The smallest absolute Gasteiger partial charge is 0.222 e. The molecule has 1 saturated heterocycles. The zero-order valence-electron chi connectivity index (χ0n) is 14.4. The third kappa shape index (κ3) is 8.55. The Kier molecular flexibility index (Phi) is 11.0. The molecule has 3 heteroatoms. The fraction of sp³-hybridized carbons (Fsp3) is 0.895. The van der Waals surface area contributed by atoms with E-state index in [2.05, 4.69) is 13.2 Å². The van der Waals surface area contributed by atoms with Crippen LogP contribution in [-0.4, -0.2) is 30.2 Å². The highest BCUT2D eigenvalue weighted by Gasteiger charge is 2.22. The Morgan fingerprint density at radius 2 is 1.41 bits per heavy atom. The lowest BCUT2D eigenvalue weighted by Crippen LogP contribution is -2.38. The predicted molar refractivity (Wildman–Crippen MR) is 91.5 cm³/mol. The minimum absolute atomic E-state index is 0.0568. The van der Waals surface area contributed by atoms with Gasteiger partial charge >= 0.3 is 0 Å². The summed E-state index contributed by atoms with van der Waals surface area (Å²) in [5.74, 6) is 0.338. The number of amides is 1. The summed E-state index contributed by atoms with van der Waals surface area (Å²) in [6.07, 6.45) is 17.3. The van der Waals surface area contributed by atoms with Gasteiger partial charge < -0.3 is 4.90 Å². The van der Waals surface area contributed by atoms with E-state index in [1.54, 1.807) is 0 Å². The molecule has 0 aromatic carbocycles. The van der Waals surface area contributed by atoms with E-state index >= 15 is 0 Å². The van der Waals surface area contributed by atoms with Gasteiger partial charge in [-0.05, 0) is 19.3 Å². The topological polar surface area (TPSA) is 37.4 Å². The van der Waals surface area contributed by atoms with Gasteiger partial charge in [0.05, 0.1) is 0 Å². The Bertz CT molecular complexity index is 296. The van der Waals surface area contributed by atoms with Crippen LogP contribution in [0.4, 0.5) is 0 Å². The third-order valence-electron chi connectivity index (χ3n) is 4.76. The summed E-state index contributed by atoms with van der Waals surface area (Å²) in [7, 11) is 0. The Balaban J connectivity index is 1.90. The summed E-state index contributed by atoms with van der Waals surface area (Å²) in [5.41, 5.74) is 0. The molecule has 1 aliphatic rings. The van der Waals surface area contributed by atoms with Crippen molar-refractivity contribution < 1.29 is 9.59 Å². The van der Waals surface area contributed by atoms with E-state index < -0.39 is 0 Å². The van der Waals surface area contributed by atoms with E-state index in [9.17, 15) is 9.59 Å². The van der Waals surface area contributed by atoms with E-state index in [1.165, 1.54) is 57.8 Å². The molecule has 0 atom stereocenters. The maximum absolute atomic E-state index is 12.1. The lowest BCUT2D eigenvalue weighted by molar-refractivity contribution is -0.132. The fourth-order valence-corrected chi connectivity index (χ4v) is 3.17. The number of carbonyl (C=O) groups is 1. The van der Waals surface area contributed by atoms with Crippen LogP contribution in [0.2, 0.25) is 0 Å². The molecule has 1 heterocycles. The van der Waals surface area contributed by atoms with Crippen LogP contribution < -0.4 is 0 Å². The fourth-order valence-electron chi connectivity index (χ4n) is 3.17. The molecule has 0 saturated carbocycles. The number of nitrogens with zero attached hydrogens (tertiary/aromatic N) is 1. The van der Waals surface area contributed by atoms with Crippen LogP contribution in [0.15, 0.2) is 0 Å². The third-order valence-corrected chi connectivity index (χ3v) is 4.76. The highest BCUT2D eigenvalue weighted by Crippen LogP contribution is 2.17. The summed E-state index contributed by atoms with van der Waals surface area (Å²) in [6, 6.07) is 0. The van der Waals surface area contributed by atoms with Crippen LogP contribution in [-0.2, 0) is 9.59 Å². The molecule has 1 radical (unpaired) electrons. The van der Waals surface area contributed by atoms with Gasteiger partial charge in [0.15, 0.2) is 0 Å². The average Bonchev–Trinajstić information content (AvgIpc) is 2.56. The lowest BCUT2D eigenvalue weighted by atomic mass is 9.98. The highest BCUT2D eigenvalue weighted by molar-refractivity contribution is 5.76. The molecular weight excluding hydrogens is 274 g/mol. The summed E-state index contributed by atoms with van der Waals surface area (Å²) >= 11 is 0. The monoisotopic (exact) mass is 308 g/mol. The lowest BCUT2D eigenvalue weighted by Gasteiger charge is -2.29. The molecule has 0 aromatic heterocycles. The average molecular weight is 308 g/mol. The number of piperidine rings is 1. The summed E-state index contributed by atoms with van der Waals surface area (Å²) < 4.78 is 0. The first-order chi connectivity index (χ1) is 10.8. The maximum atomic E-state index is 12.1. The molecule has 1 amide bonds. The van der Waals surface area contributed by atoms with Gasteiger partial charge in [0.1, 0.15) is 0 Å². The molecule has 0 aliphatic carbocycles. The Hall–Kier alpha value is -0.860. The first kappa shape index (κ1) is 19.2. The van der Waals surface area contributed by atoms with Gasteiger partial charge in [-0.3, -0.25) is 9.59 Å². The number of hydrogen-bond donors (Lipinski definition) is 0. The van der Waals surface area contributed by atoms with Gasteiger partial charge in [-0.15, -0.1) is 0 Å². The van der Waals surface area contributed by atoms with Crippen LogP contribution in [0.5, 0.6) is 0 Å². The first-order valence-corrected chi connectivity index (χ1v) is 9.43. The van der Waals surface area contributed by atoms with Gasteiger partial charge in [-0.1, -0.05) is 64.7 Å². The number of carbonyl (C=O) groups excluding carboxylic acids is 2. The molecule has 0 aromatic rings. The van der Waals surface area contributed by atoms with Crippen molar-refractivity contribution >= 4 is 12.2 Å². The molecular formula is C19H34NO2. The maximum Gasteiger partial charge on any atom is 0.222 e. The van der Waals surface area contributed by atoms with Crippen molar-refractivity contribution in [3.05, 3.63) is 0 Å². The number of hydrogen-bond acceptors (Lipinski definition) is 2. The van der Waals surface area contributed by atoms with Crippen molar-refractivity contribution in [2.24, 2.45) is 5.92 Å². The second-order valence-corrected chi connectivity index (χ2v) is 6.70. The molecule has 127 valence electrons. The van der Waals surface area contributed by atoms with E-state index in [0.717, 1.165) is 32.4 Å². The summed E-state index contributed by atoms with van der Waals surface area (Å²) in [5, 5.41) is 0. The largest absolute Gasteiger partial charge is 0.343 e. The molecule has 3 nitrogen and oxygen atoms in total. The predicted octanol–water partition coefficient (Wildman–Crippen LogP) is 4.65. The zero-order valence-corrected chi connectivity index (χ0v) is 14.4. The van der Waals surface area contributed by atoms with Crippen molar-refractivity contribution in [1.29, 1.82) is 0 Å². The second kappa shape index (κ2) is 12.7. The van der Waals surface area contributed by atoms with Crippen LogP contribution in [0.25, 0.3) is 0 Å². The van der Waals surface area contributed by atoms with Crippen LogP contribution >= 0.6 is 0 Å². The highest BCUT2D eigenvalue weighted by atomic mass is 16.2. The molecule has 1 fully saturated rings. The van der Waals surface area contributed by atoms with Gasteiger partial charge in [-0.25, -0.2) is 0 Å². The second-order valence-electron chi connectivity index (χ2n) is 6.70. The van der Waals surface area contributed by atoms with Gasteiger partial charge in [0, 0.05) is 25.4 Å². The molecule has 0 unspecified atom stereocenters. The van der Waals surface area contributed by atoms with E-state index in [0.29, 0.717) is 6.42 Å². The molecule has 1 rings (SSSR count). The van der Waals surface area contributed by atoms with Crippen molar-refractivity contribution in [3.63, 3.8) is 0 Å². The summed E-state index contributed by atoms with van der Waals surface area (Å²) in [6.45, 7) is 3.75. The minimum Gasteiger partial charge on any atom is -0.343 e. The van der Waals surface area contributed by atoms with Crippen LogP contribution in [0, 0.1) is 5.92 Å². The normalized spacial score (nSPS) is 16.0. The van der Waals surface area contributed by atoms with Crippen LogP contribution in [0.3, 0.4) is 0 Å². The van der Waals surface area contributed by atoms with E-state index in [4.69, 9.17) is 0 Å². The standard InChI is InChI=1S/C19H34NO2/c1-2-3-4-5-6-7-8-9-10-11-12-19(22)20-15-13-18(17-21)14-16-20/h18H,2-16H2,1H3. The van der Waals surface area contributed by atoms with Crippen molar-refractivity contribution in [1.82, 2.24) is 4.90 Å². The van der Waals surface area contributed by atoms with Gasteiger partial charge in [0.25, 0.3) is 0 Å². The molecule has 22 heavy (non-hydrogen) atoms. The molecule has 1 aliphatic heterocycles. The van der Waals surface area contributed by atoms with Crippen molar-refractivity contribution in [2.75, 3.05) is 13.1 Å². The quantitative estimate of drug-likeness (QED) is 0.492. The Morgan fingerprint density at radius 1 is 0.909 bits per heavy atom. The zero-order chi connectivity index (χ0) is 16.0. The Labute approximate surface area is 136 Å². The van der Waals surface area contributed by atoms with Crippen molar-refractivity contribution in [2.45, 2.75) is 90.4 Å². The van der Waals surface area contributed by atoms with E-state index in [1.807, 2.05) is 4.90 Å². The number of likely N-dealkylation sites (tertiary alicyclic amines) is 1. The molecule has 0 bridgehead atoms. The Morgan fingerprint density at radius 3 is 1.91 bits per heavy atom. The number of unbranched alkanes of at least 4 members (excludes halogenated alkanes) is 9. The molecule has 0 N–H and O–H groups in total.